The molecule has 0 bridgehead atoms. The summed E-state index contributed by atoms with van der Waals surface area (Å²) in [6.07, 6.45) is 32.9. The van der Waals surface area contributed by atoms with Crippen LogP contribution in [0.3, 0.4) is 0 Å². The number of allylic oxidation sites excluding steroid dienone is 13. The average Bonchev–Trinajstić information content (AvgIpc) is 4.29. The number of fused-ring (bicyclic) bond motifs is 12. The lowest BCUT2D eigenvalue weighted by Gasteiger charge is -2.13. The zero-order valence-electron chi connectivity index (χ0n) is 37.8. The van der Waals surface area contributed by atoms with Crippen LogP contribution in [0.25, 0.3) is 95.8 Å². The van der Waals surface area contributed by atoms with Gasteiger partial charge in [-0.25, -0.2) is 15.0 Å². The molecule has 4 heterocycles. The van der Waals surface area contributed by atoms with Gasteiger partial charge in [0.1, 0.15) is 11.6 Å². The maximum Gasteiger partial charge on any atom is 0.163 e. The number of rotatable bonds is 8. The fraction of sp³-hybridized carbons (Fsp3) is 0.145. The van der Waals surface area contributed by atoms with Gasteiger partial charge >= 0.3 is 0 Å². The van der Waals surface area contributed by atoms with Crippen LogP contribution in [0.5, 0.6) is 0 Å². The summed E-state index contributed by atoms with van der Waals surface area (Å²) >= 11 is 0. The Hall–Kier alpha value is -8.09. The smallest absolute Gasteiger partial charge is 0.163 e. The molecule has 4 atom stereocenters. The van der Waals surface area contributed by atoms with Crippen molar-refractivity contribution in [3.05, 3.63) is 215 Å². The monoisotopic (exact) mass is 877 g/mol. The normalized spacial score (nSPS) is 20.5. The molecular formula is C62H47N5O. The summed E-state index contributed by atoms with van der Waals surface area (Å²) in [7, 11) is 0. The second-order valence-electron chi connectivity index (χ2n) is 18.9. The fourth-order valence-corrected chi connectivity index (χ4v) is 11.3. The van der Waals surface area contributed by atoms with Crippen molar-refractivity contribution in [1.29, 1.82) is 0 Å². The molecule has 2 saturated carbocycles. The third kappa shape index (κ3) is 6.27. The van der Waals surface area contributed by atoms with Gasteiger partial charge in [0.2, 0.25) is 0 Å². The number of hydrogen-bond acceptors (Lipinski definition) is 4. The molecule has 4 aromatic heterocycles. The SMILES string of the molecule is C/C=C\C=C/C1CC1c1nc(C2=CCC(n3c4ccccc4c4c(C5=CC=c6c(n(-c7ccccc7)c7ccccc67)=CC5)cc5c6c(oc5c43)C=CC3CC63)=CC=C2)nc(-c2ccccc2)n1. The number of aromatic nitrogens is 5. The van der Waals surface area contributed by atoms with Crippen LogP contribution in [-0.4, -0.2) is 24.1 Å². The summed E-state index contributed by atoms with van der Waals surface area (Å²) in [5, 5.41) is 7.41. The van der Waals surface area contributed by atoms with Crippen LogP contribution >= 0.6 is 0 Å². The van der Waals surface area contributed by atoms with E-state index >= 15 is 0 Å². The van der Waals surface area contributed by atoms with Crippen LogP contribution in [0, 0.1) is 11.8 Å². The average molecular weight is 878 g/mol. The highest BCUT2D eigenvalue weighted by molar-refractivity contribution is 6.22. The highest BCUT2D eigenvalue weighted by Crippen LogP contribution is 2.57. The Morgan fingerprint density at radius 3 is 2.31 bits per heavy atom. The first-order valence-electron chi connectivity index (χ1n) is 24.1. The maximum absolute atomic E-state index is 7.10. The highest BCUT2D eigenvalue weighted by atomic mass is 16.3. The van der Waals surface area contributed by atoms with Crippen molar-refractivity contribution < 1.29 is 4.42 Å². The van der Waals surface area contributed by atoms with Gasteiger partial charge in [0.05, 0.1) is 21.9 Å². The first-order chi connectivity index (χ1) is 33.7. The molecular weight excluding hydrogens is 831 g/mol. The largest absolute Gasteiger partial charge is 0.454 e. The maximum atomic E-state index is 7.10. The minimum atomic E-state index is 0.271. The van der Waals surface area contributed by atoms with Crippen molar-refractivity contribution in [2.45, 2.75) is 44.4 Å². The highest BCUT2D eigenvalue weighted by Gasteiger charge is 2.43. The van der Waals surface area contributed by atoms with Crippen LogP contribution in [0.4, 0.5) is 0 Å². The van der Waals surface area contributed by atoms with Crippen molar-refractivity contribution in [2.75, 3.05) is 0 Å². The predicted octanol–water partition coefficient (Wildman–Crippen LogP) is 13.6. The third-order valence-corrected chi connectivity index (χ3v) is 14.8. The zero-order valence-corrected chi connectivity index (χ0v) is 37.8. The summed E-state index contributed by atoms with van der Waals surface area (Å²) < 4.78 is 12.0. The number of hydrogen-bond donors (Lipinski definition) is 0. The minimum absolute atomic E-state index is 0.271. The second kappa shape index (κ2) is 15.5. The summed E-state index contributed by atoms with van der Waals surface area (Å²) in [4.78, 5) is 15.4. The lowest BCUT2D eigenvalue weighted by molar-refractivity contribution is 0.597. The molecule has 5 aromatic carbocycles. The standard InChI is InChI=1S/C62H47N5O/c1-2-3-6-18-41-36-50(41)62-64-60(39-16-7-4-8-17-39)63-61(65-62)40-19-15-22-44(31-27-40)67-53-26-14-12-24-47(53)57-49(37-51-56-48-35-42(48)30-34-55(56)68-59(51)58(57)67)38-28-32-46-45-23-11-13-25-52(45)66(54(46)33-29-38)43-20-9-5-10-21-43/h2-28,30,32-34,37,41-42,48,50H,29,31,35-36H2,1H3/b3-2-,18-6-. The van der Waals surface area contributed by atoms with E-state index in [0.29, 0.717) is 35.8 Å². The van der Waals surface area contributed by atoms with Gasteiger partial charge in [-0.2, -0.15) is 0 Å². The molecule has 6 heteroatoms. The van der Waals surface area contributed by atoms with Crippen molar-refractivity contribution in [3.8, 4) is 17.1 Å². The van der Waals surface area contributed by atoms with Crippen LogP contribution in [0.1, 0.15) is 73.0 Å². The van der Waals surface area contributed by atoms with Crippen LogP contribution < -0.4 is 10.6 Å². The summed E-state index contributed by atoms with van der Waals surface area (Å²) in [5.41, 5.74) is 12.7. The third-order valence-electron chi connectivity index (χ3n) is 14.8. The predicted molar refractivity (Wildman–Crippen MR) is 279 cm³/mol. The van der Waals surface area contributed by atoms with E-state index in [-0.39, 0.29) is 5.92 Å². The number of benzene rings is 5. The Morgan fingerprint density at radius 2 is 1.46 bits per heavy atom. The molecule has 0 amide bonds. The summed E-state index contributed by atoms with van der Waals surface area (Å²) in [6, 6.07) is 41.3. The zero-order chi connectivity index (χ0) is 44.9. The molecule has 6 nitrogen and oxygen atoms in total. The van der Waals surface area contributed by atoms with Crippen molar-refractivity contribution in [2.24, 2.45) is 11.8 Å². The molecule has 0 spiro atoms. The van der Waals surface area contributed by atoms with Gasteiger partial charge in [0, 0.05) is 67.2 Å². The van der Waals surface area contributed by atoms with Crippen LogP contribution in [0.2, 0.25) is 0 Å². The molecule has 0 N–H and O–H groups in total. The Kier molecular flexibility index (Phi) is 8.91. The molecule has 0 saturated heterocycles. The first-order valence-corrected chi connectivity index (χ1v) is 24.1. The molecule has 5 aliphatic carbocycles. The molecule has 2 fully saturated rings. The van der Waals surface area contributed by atoms with E-state index in [0.717, 1.165) is 57.9 Å². The first kappa shape index (κ1) is 39.1. The van der Waals surface area contributed by atoms with E-state index in [9.17, 15) is 0 Å². The van der Waals surface area contributed by atoms with E-state index in [4.69, 9.17) is 19.4 Å². The van der Waals surface area contributed by atoms with Crippen LogP contribution in [-0.2, 0) is 0 Å². The number of nitrogens with zero attached hydrogens (tertiary/aromatic N) is 5. The van der Waals surface area contributed by atoms with Crippen molar-refractivity contribution >= 4 is 78.7 Å². The fourth-order valence-electron chi connectivity index (χ4n) is 11.3. The molecule has 68 heavy (non-hydrogen) atoms. The van der Waals surface area contributed by atoms with Gasteiger partial charge in [-0.05, 0) is 97.6 Å². The Bertz CT molecular complexity index is 3940. The lowest BCUT2D eigenvalue weighted by Crippen LogP contribution is -2.27. The topological polar surface area (TPSA) is 61.7 Å². The van der Waals surface area contributed by atoms with Crippen LogP contribution in [0.15, 0.2) is 180 Å². The van der Waals surface area contributed by atoms with Crippen molar-refractivity contribution in [3.63, 3.8) is 0 Å². The van der Waals surface area contributed by atoms with Gasteiger partial charge in [0.25, 0.3) is 0 Å². The van der Waals surface area contributed by atoms with Gasteiger partial charge in [-0.15, -0.1) is 0 Å². The summed E-state index contributed by atoms with van der Waals surface area (Å²) in [6.45, 7) is 2.05. The number of para-hydroxylation sites is 3. The van der Waals surface area contributed by atoms with Gasteiger partial charge in [-0.3, -0.25) is 0 Å². The molecule has 5 aliphatic rings. The van der Waals surface area contributed by atoms with Gasteiger partial charge in [-0.1, -0.05) is 152 Å². The minimum Gasteiger partial charge on any atom is -0.454 e. The van der Waals surface area contributed by atoms with E-state index in [2.05, 4.69) is 185 Å². The molecule has 0 aliphatic heterocycles. The van der Waals surface area contributed by atoms with E-state index < -0.39 is 0 Å². The quantitative estimate of drug-likeness (QED) is 0.143. The molecule has 326 valence electrons. The van der Waals surface area contributed by atoms with Gasteiger partial charge < -0.3 is 13.6 Å². The molecule has 9 aromatic rings. The Balaban J connectivity index is 0.932. The second-order valence-corrected chi connectivity index (χ2v) is 18.9. The van der Waals surface area contributed by atoms with E-state index in [1.165, 1.54) is 66.4 Å². The van der Waals surface area contributed by atoms with E-state index in [1.807, 2.05) is 25.1 Å². The Labute approximate surface area is 394 Å². The molecule has 14 rings (SSSR count). The Morgan fingerprint density at radius 1 is 0.676 bits per heavy atom. The summed E-state index contributed by atoms with van der Waals surface area (Å²) in [5.74, 6) is 5.06. The molecule has 0 radical (unpaired) electrons. The van der Waals surface area contributed by atoms with Gasteiger partial charge in [0.15, 0.2) is 17.2 Å². The van der Waals surface area contributed by atoms with E-state index in [1.54, 1.807) is 0 Å². The van der Waals surface area contributed by atoms with Crippen molar-refractivity contribution in [1.82, 2.24) is 24.1 Å². The lowest BCUT2D eigenvalue weighted by atomic mass is 9.92. The molecule has 4 unspecified atom stereocenters. The number of furan rings is 1.